The monoisotopic (exact) mass is 231 g/mol. The number of benzene rings is 1. The number of fused-ring (bicyclic) bond motifs is 3. The number of carbonyl (C=O) groups excluding carboxylic acids is 1. The molecule has 0 saturated carbocycles. The van der Waals surface area contributed by atoms with Gasteiger partial charge in [0.1, 0.15) is 0 Å². The van der Waals surface area contributed by atoms with E-state index in [0.717, 1.165) is 11.1 Å². The second-order valence-corrected chi connectivity index (χ2v) is 4.84. The molecule has 2 aliphatic rings. The van der Waals surface area contributed by atoms with Gasteiger partial charge < -0.3 is 10.4 Å². The highest BCUT2D eigenvalue weighted by Gasteiger charge is 2.54. The predicted octanol–water partition coefficient (Wildman–Crippen LogP) is 1.26. The van der Waals surface area contributed by atoms with Crippen molar-refractivity contribution in [2.75, 3.05) is 0 Å². The summed E-state index contributed by atoms with van der Waals surface area (Å²) in [7, 11) is 0. The highest BCUT2D eigenvalue weighted by Crippen LogP contribution is 2.50. The lowest BCUT2D eigenvalue weighted by Crippen LogP contribution is -2.48. The summed E-state index contributed by atoms with van der Waals surface area (Å²) in [5.74, 6) is -0.859. The Labute approximate surface area is 98.6 Å². The molecule has 17 heavy (non-hydrogen) atoms. The van der Waals surface area contributed by atoms with E-state index in [1.807, 2.05) is 24.3 Å². The van der Waals surface area contributed by atoms with Crippen LogP contribution in [-0.2, 0) is 16.0 Å². The molecule has 1 aliphatic carbocycles. The topological polar surface area (TPSA) is 66.4 Å². The zero-order valence-electron chi connectivity index (χ0n) is 9.27. The van der Waals surface area contributed by atoms with Crippen LogP contribution >= 0.6 is 0 Å². The normalized spacial score (nSPS) is 30.4. The summed E-state index contributed by atoms with van der Waals surface area (Å²) < 4.78 is 0. The molecule has 1 aliphatic heterocycles. The molecule has 4 heteroatoms. The zero-order valence-corrected chi connectivity index (χ0v) is 9.27. The molecule has 4 nitrogen and oxygen atoms in total. The van der Waals surface area contributed by atoms with Crippen LogP contribution in [0, 0.1) is 5.41 Å². The lowest BCUT2D eigenvalue weighted by molar-refractivity contribution is -0.153. The Hall–Kier alpha value is -1.84. The number of nitrogens with one attached hydrogen (secondary N) is 1. The van der Waals surface area contributed by atoms with Gasteiger partial charge in [0.05, 0.1) is 11.5 Å². The molecule has 0 aromatic heterocycles. The van der Waals surface area contributed by atoms with Crippen molar-refractivity contribution in [1.82, 2.24) is 5.32 Å². The number of aliphatic carboxylic acids is 1. The summed E-state index contributed by atoms with van der Waals surface area (Å²) >= 11 is 0. The quantitative estimate of drug-likeness (QED) is 0.764. The molecule has 88 valence electrons. The summed E-state index contributed by atoms with van der Waals surface area (Å²) in [5, 5.41) is 12.3. The minimum Gasteiger partial charge on any atom is -0.481 e. The summed E-state index contributed by atoms with van der Waals surface area (Å²) in [4.78, 5) is 23.1. The van der Waals surface area contributed by atoms with Gasteiger partial charge in [0.15, 0.2) is 0 Å². The summed E-state index contributed by atoms with van der Waals surface area (Å²) in [6, 6.07) is 7.30. The van der Waals surface area contributed by atoms with Crippen LogP contribution in [0.15, 0.2) is 24.3 Å². The van der Waals surface area contributed by atoms with Crippen molar-refractivity contribution in [3.63, 3.8) is 0 Å². The molecule has 3 rings (SSSR count). The average Bonchev–Trinajstić information content (AvgIpc) is 2.64. The van der Waals surface area contributed by atoms with E-state index in [2.05, 4.69) is 5.32 Å². The van der Waals surface area contributed by atoms with E-state index in [9.17, 15) is 14.7 Å². The Balaban J connectivity index is 2.12. The van der Waals surface area contributed by atoms with E-state index in [1.54, 1.807) is 0 Å². The lowest BCUT2D eigenvalue weighted by Gasteiger charge is -2.36. The third kappa shape index (κ3) is 1.30. The number of amides is 1. The number of piperidine rings is 1. The van der Waals surface area contributed by atoms with E-state index in [0.29, 0.717) is 19.3 Å². The third-order valence-electron chi connectivity index (χ3n) is 3.95. The van der Waals surface area contributed by atoms with Crippen LogP contribution in [0.25, 0.3) is 0 Å². The van der Waals surface area contributed by atoms with E-state index in [1.165, 1.54) is 0 Å². The van der Waals surface area contributed by atoms with E-state index in [-0.39, 0.29) is 11.9 Å². The molecule has 0 radical (unpaired) electrons. The maximum Gasteiger partial charge on any atom is 0.312 e. The first-order valence-corrected chi connectivity index (χ1v) is 5.74. The Morgan fingerprint density at radius 3 is 2.94 bits per heavy atom. The fourth-order valence-corrected chi connectivity index (χ4v) is 3.04. The molecule has 0 unspecified atom stereocenters. The molecule has 2 N–H and O–H groups in total. The lowest BCUT2D eigenvalue weighted by atomic mass is 9.74. The van der Waals surface area contributed by atoms with Crippen molar-refractivity contribution in [1.29, 1.82) is 0 Å². The Morgan fingerprint density at radius 1 is 1.41 bits per heavy atom. The fraction of sp³-hybridized carbons (Fsp3) is 0.385. The number of hydrogen-bond donors (Lipinski definition) is 2. The van der Waals surface area contributed by atoms with Gasteiger partial charge in [0.2, 0.25) is 5.91 Å². The van der Waals surface area contributed by atoms with Crippen molar-refractivity contribution in [3.8, 4) is 0 Å². The van der Waals surface area contributed by atoms with Gasteiger partial charge in [-0.1, -0.05) is 24.3 Å². The average molecular weight is 231 g/mol. The summed E-state index contributed by atoms with van der Waals surface area (Å²) in [6.07, 6.45) is 1.24. The third-order valence-corrected chi connectivity index (χ3v) is 3.95. The van der Waals surface area contributed by atoms with Gasteiger partial charge in [-0.15, -0.1) is 0 Å². The molecule has 1 fully saturated rings. The van der Waals surface area contributed by atoms with Crippen LogP contribution in [0.2, 0.25) is 0 Å². The van der Waals surface area contributed by atoms with Crippen LogP contribution in [0.4, 0.5) is 0 Å². The minimum atomic E-state index is -0.836. The highest BCUT2D eigenvalue weighted by atomic mass is 16.4. The molecule has 2 atom stereocenters. The van der Waals surface area contributed by atoms with Crippen molar-refractivity contribution >= 4 is 11.9 Å². The maximum atomic E-state index is 11.6. The zero-order chi connectivity index (χ0) is 12.0. The molecule has 1 aromatic rings. The second-order valence-electron chi connectivity index (χ2n) is 4.84. The first-order valence-electron chi connectivity index (χ1n) is 5.74. The molecule has 0 bridgehead atoms. The smallest absolute Gasteiger partial charge is 0.312 e. The number of carbonyl (C=O) groups is 2. The maximum absolute atomic E-state index is 11.6. The van der Waals surface area contributed by atoms with E-state index < -0.39 is 11.4 Å². The molecule has 1 heterocycles. The molecule has 1 aromatic carbocycles. The van der Waals surface area contributed by atoms with Crippen LogP contribution in [-0.4, -0.2) is 17.0 Å². The van der Waals surface area contributed by atoms with Gasteiger partial charge in [-0.2, -0.15) is 0 Å². The van der Waals surface area contributed by atoms with Crippen molar-refractivity contribution in [3.05, 3.63) is 35.4 Å². The first kappa shape index (κ1) is 10.3. The first-order chi connectivity index (χ1) is 8.13. The molecule has 1 amide bonds. The molecule has 1 saturated heterocycles. The van der Waals surface area contributed by atoms with Crippen LogP contribution in [0.1, 0.15) is 30.0 Å². The van der Waals surface area contributed by atoms with Crippen LogP contribution in [0.5, 0.6) is 0 Å². The van der Waals surface area contributed by atoms with Crippen molar-refractivity contribution in [2.45, 2.75) is 25.3 Å². The summed E-state index contributed by atoms with van der Waals surface area (Å²) in [5.41, 5.74) is 1.17. The Bertz CT molecular complexity index is 511. The SMILES string of the molecule is O=C1CC[C@]2(C(=O)O)Cc3ccccc3[C@@H]2N1. The fourth-order valence-electron chi connectivity index (χ4n) is 3.04. The predicted molar refractivity (Wildman–Crippen MR) is 60.3 cm³/mol. The number of rotatable bonds is 1. The van der Waals surface area contributed by atoms with E-state index >= 15 is 0 Å². The van der Waals surface area contributed by atoms with Crippen LogP contribution in [0.3, 0.4) is 0 Å². The Morgan fingerprint density at radius 2 is 2.18 bits per heavy atom. The number of hydrogen-bond acceptors (Lipinski definition) is 2. The number of carboxylic acid groups (broad SMARTS) is 1. The summed E-state index contributed by atoms with van der Waals surface area (Å²) in [6.45, 7) is 0. The number of carboxylic acids is 1. The highest BCUT2D eigenvalue weighted by molar-refractivity contribution is 5.85. The molecular weight excluding hydrogens is 218 g/mol. The Kier molecular flexibility index (Phi) is 2.02. The van der Waals surface area contributed by atoms with Crippen molar-refractivity contribution in [2.24, 2.45) is 5.41 Å². The standard InChI is InChI=1S/C13H13NO3/c15-10-5-6-13(12(16)17)7-8-3-1-2-4-9(8)11(13)14-10/h1-4,11H,5-7H2,(H,14,15)(H,16,17)/t11-,13-/m0/s1. The van der Waals surface area contributed by atoms with Crippen LogP contribution < -0.4 is 5.32 Å². The van der Waals surface area contributed by atoms with Gasteiger partial charge in [0, 0.05) is 6.42 Å². The second kappa shape index (κ2) is 3.32. The van der Waals surface area contributed by atoms with Gasteiger partial charge in [0.25, 0.3) is 0 Å². The largest absolute Gasteiger partial charge is 0.481 e. The molecular formula is C13H13NO3. The van der Waals surface area contributed by atoms with Gasteiger partial charge in [-0.25, -0.2) is 0 Å². The minimum absolute atomic E-state index is 0.0522. The van der Waals surface area contributed by atoms with Gasteiger partial charge in [-0.3, -0.25) is 9.59 Å². The van der Waals surface area contributed by atoms with Crippen molar-refractivity contribution < 1.29 is 14.7 Å². The van der Waals surface area contributed by atoms with Gasteiger partial charge in [-0.05, 0) is 24.0 Å². The van der Waals surface area contributed by atoms with Gasteiger partial charge >= 0.3 is 5.97 Å². The molecule has 0 spiro atoms. The van der Waals surface area contributed by atoms with E-state index in [4.69, 9.17) is 0 Å².